The van der Waals surface area contributed by atoms with Crippen molar-refractivity contribution in [2.45, 2.75) is 91.6 Å². The zero-order valence-corrected chi connectivity index (χ0v) is 31.5. The van der Waals surface area contributed by atoms with E-state index in [4.69, 9.17) is 0 Å². The number of aromatic nitrogens is 3. The van der Waals surface area contributed by atoms with Gasteiger partial charge in [0.05, 0.1) is 24.1 Å². The van der Waals surface area contributed by atoms with E-state index in [1.807, 2.05) is 56.3 Å². The number of amides is 2. The number of likely N-dealkylation sites (N-methyl/N-ethyl adjacent to an activating group) is 1. The summed E-state index contributed by atoms with van der Waals surface area (Å²) in [6.45, 7) is 18.7. The molecule has 3 N–H and O–H groups in total. The van der Waals surface area contributed by atoms with Crippen molar-refractivity contribution in [3.05, 3.63) is 126 Å². The molecule has 0 saturated carbocycles. The van der Waals surface area contributed by atoms with Gasteiger partial charge in [0.2, 0.25) is 0 Å². The fourth-order valence-electron chi connectivity index (χ4n) is 6.02. The van der Waals surface area contributed by atoms with Crippen molar-refractivity contribution in [3.63, 3.8) is 0 Å². The second-order valence-electron chi connectivity index (χ2n) is 13.0. The quantitative estimate of drug-likeness (QED) is 0.115. The molecular formula is C40H55N7O2S. The second kappa shape index (κ2) is 20.2. The largest absolute Gasteiger partial charge is 0.376 e. The van der Waals surface area contributed by atoms with E-state index in [0.717, 1.165) is 40.1 Å². The first-order valence-corrected chi connectivity index (χ1v) is 17.9. The van der Waals surface area contributed by atoms with Gasteiger partial charge in [-0.3, -0.25) is 9.59 Å². The number of benzene rings is 2. The minimum atomic E-state index is -0.623. The lowest BCUT2D eigenvalue weighted by Crippen LogP contribution is -2.48. The third-order valence-corrected chi connectivity index (χ3v) is 8.94. The highest BCUT2D eigenvalue weighted by Crippen LogP contribution is 2.26. The maximum atomic E-state index is 13.8. The maximum Gasteiger partial charge on any atom is 0.254 e. The average Bonchev–Trinajstić information content (AvgIpc) is 3.64. The van der Waals surface area contributed by atoms with Gasteiger partial charge >= 0.3 is 0 Å². The van der Waals surface area contributed by atoms with Crippen molar-refractivity contribution in [1.29, 1.82) is 0 Å². The smallest absolute Gasteiger partial charge is 0.254 e. The lowest BCUT2D eigenvalue weighted by molar-refractivity contribution is -0.121. The van der Waals surface area contributed by atoms with Gasteiger partial charge in [-0.05, 0) is 87.1 Å². The number of nitrogens with zero attached hydrogens (tertiary/aromatic N) is 4. The van der Waals surface area contributed by atoms with E-state index >= 15 is 0 Å². The molecule has 4 rings (SSSR count). The van der Waals surface area contributed by atoms with E-state index in [2.05, 4.69) is 84.6 Å². The summed E-state index contributed by atoms with van der Waals surface area (Å²) in [7, 11) is 1.78. The molecule has 3 unspecified atom stereocenters. The van der Waals surface area contributed by atoms with Crippen LogP contribution in [0.1, 0.15) is 86.3 Å². The van der Waals surface area contributed by atoms with Crippen LogP contribution in [0.2, 0.25) is 0 Å². The highest BCUT2D eigenvalue weighted by atomic mass is 32.1. The van der Waals surface area contributed by atoms with Gasteiger partial charge in [-0.15, -0.1) is 5.10 Å². The summed E-state index contributed by atoms with van der Waals surface area (Å²) >= 11 is 4.07. The zero-order valence-electron chi connectivity index (χ0n) is 30.6. The number of aryl methyl sites for hydroxylation is 2. The average molecular weight is 698 g/mol. The van der Waals surface area contributed by atoms with E-state index in [-0.39, 0.29) is 11.8 Å². The van der Waals surface area contributed by atoms with Gasteiger partial charge in [-0.2, -0.15) is 0 Å². The van der Waals surface area contributed by atoms with Gasteiger partial charge < -0.3 is 20.3 Å². The molecule has 0 aliphatic heterocycles. The van der Waals surface area contributed by atoms with Gasteiger partial charge in [0.25, 0.3) is 11.8 Å². The fraction of sp³-hybridized carbons (Fsp3) is 0.400. The van der Waals surface area contributed by atoms with Crippen LogP contribution >= 0.6 is 12.8 Å². The minimum Gasteiger partial charge on any atom is -0.376 e. The summed E-state index contributed by atoms with van der Waals surface area (Å²) in [4.78, 5) is 28.6. The Bertz CT molecular complexity index is 1610. The monoisotopic (exact) mass is 697 g/mol. The van der Waals surface area contributed by atoms with Crippen molar-refractivity contribution in [3.8, 4) is 5.69 Å². The third-order valence-electron chi connectivity index (χ3n) is 8.72. The molecule has 2 aromatic carbocycles. The molecule has 50 heavy (non-hydrogen) atoms. The number of thiol groups is 1. The summed E-state index contributed by atoms with van der Waals surface area (Å²) < 4.78 is 4.18. The Morgan fingerprint density at radius 2 is 1.80 bits per heavy atom. The number of nitrogens with one attached hydrogen (secondary N) is 3. The topological polar surface area (TPSA) is 104 Å². The van der Waals surface area contributed by atoms with Crippen LogP contribution in [-0.4, -0.2) is 50.8 Å². The number of hydrogen-bond donors (Lipinski definition) is 4. The third kappa shape index (κ3) is 11.8. The SMILES string of the molecule is C=CNC1=C(CCC(NC(=C)C(Cc2ccc(-n3ccnn3)cc2)N(C)C(=O)c2cc(C)cc(C)c2)C(=O)NS)C=CC(C)C1.CCCCC. The van der Waals surface area contributed by atoms with Gasteiger partial charge in [0, 0.05) is 24.0 Å². The van der Waals surface area contributed by atoms with Crippen molar-refractivity contribution in [2.75, 3.05) is 7.05 Å². The summed E-state index contributed by atoms with van der Waals surface area (Å²) in [5, 5.41) is 14.6. The highest BCUT2D eigenvalue weighted by Gasteiger charge is 2.28. The molecule has 9 nitrogen and oxygen atoms in total. The summed E-state index contributed by atoms with van der Waals surface area (Å²) in [6, 6.07) is 12.7. The van der Waals surface area contributed by atoms with E-state index in [0.29, 0.717) is 36.4 Å². The minimum absolute atomic E-state index is 0.129. The van der Waals surface area contributed by atoms with Gasteiger partial charge in [-0.25, -0.2) is 4.68 Å². The molecule has 0 bridgehead atoms. The number of carbonyl (C=O) groups is 2. The molecule has 3 atom stereocenters. The molecule has 1 aliphatic rings. The molecule has 3 aromatic rings. The Kier molecular flexibility index (Phi) is 16.1. The predicted molar refractivity (Wildman–Crippen MR) is 208 cm³/mol. The predicted octanol–water partition coefficient (Wildman–Crippen LogP) is 7.56. The lowest BCUT2D eigenvalue weighted by Gasteiger charge is -2.33. The fourth-order valence-corrected chi connectivity index (χ4v) is 6.18. The molecule has 0 radical (unpaired) electrons. The molecule has 0 fully saturated rings. The first-order valence-electron chi connectivity index (χ1n) is 17.5. The molecule has 1 aromatic heterocycles. The van der Waals surface area contributed by atoms with Crippen LogP contribution in [0.5, 0.6) is 0 Å². The van der Waals surface area contributed by atoms with Crippen molar-refractivity contribution in [2.24, 2.45) is 5.92 Å². The van der Waals surface area contributed by atoms with Crippen LogP contribution < -0.4 is 15.4 Å². The van der Waals surface area contributed by atoms with Crippen molar-refractivity contribution in [1.82, 2.24) is 35.2 Å². The number of unbranched alkanes of at least 4 members (excludes halogenated alkanes) is 2. The summed E-state index contributed by atoms with van der Waals surface area (Å²) in [5.41, 5.74) is 7.30. The Morgan fingerprint density at radius 1 is 1.12 bits per heavy atom. The van der Waals surface area contributed by atoms with Crippen LogP contribution in [-0.2, 0) is 11.2 Å². The van der Waals surface area contributed by atoms with E-state index in [9.17, 15) is 9.59 Å². The number of hydrogen-bond acceptors (Lipinski definition) is 7. The van der Waals surface area contributed by atoms with Crippen LogP contribution in [0.15, 0.2) is 103 Å². The van der Waals surface area contributed by atoms with Gasteiger partial charge in [0.1, 0.15) is 6.04 Å². The van der Waals surface area contributed by atoms with Crippen molar-refractivity contribution < 1.29 is 9.59 Å². The van der Waals surface area contributed by atoms with E-state index < -0.39 is 12.1 Å². The molecule has 1 aliphatic carbocycles. The second-order valence-corrected chi connectivity index (χ2v) is 13.2. The van der Waals surface area contributed by atoms with Gasteiger partial charge in [0.15, 0.2) is 0 Å². The van der Waals surface area contributed by atoms with Gasteiger partial charge in [-0.1, -0.05) is 113 Å². The molecule has 268 valence electrons. The molecule has 1 heterocycles. The molecule has 0 spiro atoms. The Labute approximate surface area is 304 Å². The molecule has 2 amide bonds. The van der Waals surface area contributed by atoms with Crippen molar-refractivity contribution >= 4 is 24.6 Å². The van der Waals surface area contributed by atoms with E-state index in [1.54, 1.807) is 35.2 Å². The van der Waals surface area contributed by atoms with Crippen LogP contribution in [0.3, 0.4) is 0 Å². The first kappa shape index (κ1) is 39.9. The lowest BCUT2D eigenvalue weighted by atomic mass is 9.91. The molecule has 10 heteroatoms. The van der Waals surface area contributed by atoms with Crippen LogP contribution in [0.4, 0.5) is 0 Å². The number of carbonyl (C=O) groups excluding carboxylic acids is 2. The van der Waals surface area contributed by atoms with Crippen LogP contribution in [0.25, 0.3) is 5.69 Å². The van der Waals surface area contributed by atoms with Crippen LogP contribution in [0, 0.1) is 19.8 Å². The first-order chi connectivity index (χ1) is 24.0. The zero-order chi connectivity index (χ0) is 36.6. The Hall–Kier alpha value is -4.57. The normalized spacial score (nSPS) is 14.9. The Balaban J connectivity index is 0.00000126. The molecular weight excluding hydrogens is 643 g/mol. The summed E-state index contributed by atoms with van der Waals surface area (Å²) in [6.07, 6.45) is 16.0. The summed E-state index contributed by atoms with van der Waals surface area (Å²) in [5.74, 6) is 0.0172. The number of rotatable bonds is 16. The standard InChI is InChI=1S/C35H43N7O2S.C5H12/c1-7-36-32-21-23(2)8-11-28(32)12-15-31(34(43)39-45)38-26(5)33(41(6)35(44)29-19-24(3)18-25(4)20-29)22-27-9-13-30(14-10-27)42-17-16-37-40-42;1-3-5-4-2/h7-11,13-14,16-20,23,31,33,36,38,45H,1,5,12,15,21-22H2,2-4,6H3,(H,39,43);3-5H2,1-2H3. The Morgan fingerprint density at radius 3 is 2.36 bits per heavy atom. The number of allylic oxidation sites excluding steroid dienone is 4. The highest BCUT2D eigenvalue weighted by molar-refractivity contribution is 7.78. The van der Waals surface area contributed by atoms with E-state index in [1.165, 1.54) is 19.3 Å². The maximum absolute atomic E-state index is 13.8. The molecule has 0 saturated heterocycles.